The smallest absolute Gasteiger partial charge is 0.376 e. The molecule has 1 heterocycles. The fraction of sp³-hybridized carbons (Fsp3) is 0.200. The first-order valence-corrected chi connectivity index (χ1v) is 7.02. The van der Waals surface area contributed by atoms with Crippen molar-refractivity contribution in [1.82, 2.24) is 0 Å². The molecule has 0 aliphatic rings. The maximum Gasteiger partial charge on any atom is 0.376 e. The summed E-state index contributed by atoms with van der Waals surface area (Å²) >= 11 is 12.1. The van der Waals surface area contributed by atoms with Crippen LogP contribution in [0.25, 0.3) is 11.3 Å². The molecule has 1 amide bonds. The van der Waals surface area contributed by atoms with Gasteiger partial charge in [0.1, 0.15) is 5.76 Å². The van der Waals surface area contributed by atoms with Crippen molar-refractivity contribution in [1.29, 1.82) is 0 Å². The van der Waals surface area contributed by atoms with Crippen LogP contribution in [0.1, 0.15) is 17.5 Å². The molecule has 5 nitrogen and oxygen atoms in total. The minimum absolute atomic E-state index is 0.0776. The largest absolute Gasteiger partial charge is 0.463 e. The van der Waals surface area contributed by atoms with E-state index in [9.17, 15) is 9.59 Å². The van der Waals surface area contributed by atoms with Crippen LogP contribution in [0.5, 0.6) is 0 Å². The van der Waals surface area contributed by atoms with E-state index in [1.807, 2.05) is 0 Å². The number of rotatable bonds is 3. The number of halogens is 2. The molecular formula is C15H13Cl2NO4. The quantitative estimate of drug-likeness (QED) is 0.791. The van der Waals surface area contributed by atoms with Crippen molar-refractivity contribution in [2.24, 2.45) is 0 Å². The molecule has 1 aromatic heterocycles. The Labute approximate surface area is 137 Å². The van der Waals surface area contributed by atoms with E-state index in [0.717, 1.165) is 0 Å². The van der Waals surface area contributed by atoms with Crippen molar-refractivity contribution in [2.45, 2.75) is 6.92 Å². The van der Waals surface area contributed by atoms with Gasteiger partial charge in [-0.1, -0.05) is 23.2 Å². The van der Waals surface area contributed by atoms with Gasteiger partial charge in [-0.3, -0.25) is 4.79 Å². The molecule has 1 aromatic carbocycles. The van der Waals surface area contributed by atoms with Gasteiger partial charge in [-0.05, 0) is 18.2 Å². The van der Waals surface area contributed by atoms with Crippen LogP contribution in [0.15, 0.2) is 28.7 Å². The number of amides is 1. The molecule has 2 rings (SSSR count). The third-order valence-electron chi connectivity index (χ3n) is 3.11. The fourth-order valence-corrected chi connectivity index (χ4v) is 2.24. The van der Waals surface area contributed by atoms with Crippen LogP contribution in [0.3, 0.4) is 0 Å². The number of hydrogen-bond donors (Lipinski definition) is 0. The highest BCUT2D eigenvalue weighted by Gasteiger charge is 2.25. The van der Waals surface area contributed by atoms with E-state index in [-0.39, 0.29) is 11.7 Å². The zero-order valence-electron chi connectivity index (χ0n) is 12.1. The van der Waals surface area contributed by atoms with Gasteiger partial charge >= 0.3 is 5.97 Å². The van der Waals surface area contributed by atoms with E-state index in [0.29, 0.717) is 27.1 Å². The SMILES string of the molecule is COC(=O)c1oc(-c2cc(Cl)ccc2Cl)cc1N(C)C(C)=O. The van der Waals surface area contributed by atoms with Gasteiger partial charge in [0.05, 0.1) is 17.8 Å². The van der Waals surface area contributed by atoms with Crippen molar-refractivity contribution in [3.8, 4) is 11.3 Å². The summed E-state index contributed by atoms with van der Waals surface area (Å²) < 4.78 is 10.2. The summed E-state index contributed by atoms with van der Waals surface area (Å²) in [5.41, 5.74) is 0.813. The summed E-state index contributed by atoms with van der Waals surface area (Å²) in [6.07, 6.45) is 0. The minimum atomic E-state index is -0.687. The highest BCUT2D eigenvalue weighted by molar-refractivity contribution is 6.35. The van der Waals surface area contributed by atoms with Gasteiger partial charge in [0.25, 0.3) is 0 Å². The van der Waals surface area contributed by atoms with Crippen LogP contribution in [-0.2, 0) is 9.53 Å². The zero-order chi connectivity index (χ0) is 16.4. The molecule has 0 spiro atoms. The predicted molar refractivity (Wildman–Crippen MR) is 84.6 cm³/mol. The van der Waals surface area contributed by atoms with E-state index < -0.39 is 5.97 Å². The van der Waals surface area contributed by atoms with Crippen LogP contribution in [0.2, 0.25) is 10.0 Å². The van der Waals surface area contributed by atoms with E-state index >= 15 is 0 Å². The number of nitrogens with zero attached hydrogens (tertiary/aromatic N) is 1. The molecule has 0 fully saturated rings. The van der Waals surface area contributed by atoms with Gasteiger partial charge in [0.2, 0.25) is 11.7 Å². The Hall–Kier alpha value is -1.98. The van der Waals surface area contributed by atoms with E-state index in [1.165, 1.54) is 26.0 Å². The number of ether oxygens (including phenoxy) is 1. The Balaban J connectivity index is 2.62. The first-order chi connectivity index (χ1) is 10.3. The average molecular weight is 342 g/mol. The Kier molecular flexibility index (Phi) is 4.78. The molecule has 0 saturated heterocycles. The third-order valence-corrected chi connectivity index (χ3v) is 3.68. The van der Waals surface area contributed by atoms with Gasteiger partial charge in [-0.2, -0.15) is 0 Å². The highest BCUT2D eigenvalue weighted by Crippen LogP contribution is 2.36. The van der Waals surface area contributed by atoms with Crippen LogP contribution in [0.4, 0.5) is 5.69 Å². The Morgan fingerprint density at radius 2 is 1.91 bits per heavy atom. The lowest BCUT2D eigenvalue weighted by molar-refractivity contribution is -0.116. The van der Waals surface area contributed by atoms with Crippen molar-refractivity contribution in [3.05, 3.63) is 40.1 Å². The zero-order valence-corrected chi connectivity index (χ0v) is 13.7. The van der Waals surface area contributed by atoms with Gasteiger partial charge in [-0.15, -0.1) is 0 Å². The van der Waals surface area contributed by atoms with Crippen LogP contribution in [-0.4, -0.2) is 26.0 Å². The van der Waals surface area contributed by atoms with Crippen molar-refractivity contribution in [3.63, 3.8) is 0 Å². The number of furan rings is 1. The first-order valence-electron chi connectivity index (χ1n) is 6.27. The average Bonchev–Trinajstić information content (AvgIpc) is 2.92. The maximum atomic E-state index is 11.8. The molecule has 0 N–H and O–H groups in total. The monoisotopic (exact) mass is 341 g/mol. The Bertz CT molecular complexity index is 739. The summed E-state index contributed by atoms with van der Waals surface area (Å²) in [4.78, 5) is 24.7. The molecule has 0 radical (unpaired) electrons. The highest BCUT2D eigenvalue weighted by atomic mass is 35.5. The van der Waals surface area contributed by atoms with E-state index in [4.69, 9.17) is 27.6 Å². The number of carbonyl (C=O) groups excluding carboxylic acids is 2. The Morgan fingerprint density at radius 3 is 2.50 bits per heavy atom. The van der Waals surface area contributed by atoms with Gasteiger partial charge in [-0.25, -0.2) is 4.79 Å². The number of methoxy groups -OCH3 is 1. The Morgan fingerprint density at radius 1 is 1.23 bits per heavy atom. The molecule has 0 unspecified atom stereocenters. The predicted octanol–water partition coefficient (Wildman–Crippen LogP) is 4.02. The topological polar surface area (TPSA) is 59.8 Å². The standard InChI is InChI=1S/C15H13Cl2NO4/c1-8(19)18(2)12-7-13(22-14(12)15(20)21-3)10-6-9(16)4-5-11(10)17/h4-7H,1-3H3. The van der Waals surface area contributed by atoms with Crippen LogP contribution < -0.4 is 4.90 Å². The number of carbonyl (C=O) groups is 2. The van der Waals surface area contributed by atoms with Gasteiger partial charge in [0.15, 0.2) is 0 Å². The minimum Gasteiger partial charge on any atom is -0.463 e. The fourth-order valence-electron chi connectivity index (χ4n) is 1.86. The van der Waals surface area contributed by atoms with E-state index in [1.54, 1.807) is 24.3 Å². The number of esters is 1. The molecule has 0 atom stereocenters. The van der Waals surface area contributed by atoms with Crippen LogP contribution >= 0.6 is 23.2 Å². The molecular weight excluding hydrogens is 329 g/mol. The molecule has 0 bridgehead atoms. The maximum absolute atomic E-state index is 11.8. The van der Waals surface area contributed by atoms with Crippen molar-refractivity contribution in [2.75, 3.05) is 19.1 Å². The molecule has 116 valence electrons. The van der Waals surface area contributed by atoms with Crippen molar-refractivity contribution < 1.29 is 18.7 Å². The summed E-state index contributed by atoms with van der Waals surface area (Å²) in [5.74, 6) is -0.704. The molecule has 22 heavy (non-hydrogen) atoms. The number of hydrogen-bond acceptors (Lipinski definition) is 4. The first kappa shape index (κ1) is 16.4. The normalized spacial score (nSPS) is 10.4. The second kappa shape index (κ2) is 6.42. The molecule has 0 aliphatic heterocycles. The summed E-state index contributed by atoms with van der Waals surface area (Å²) in [5, 5.41) is 0.878. The van der Waals surface area contributed by atoms with Gasteiger partial charge < -0.3 is 14.1 Å². The molecule has 0 aliphatic carbocycles. The lowest BCUT2D eigenvalue weighted by Gasteiger charge is -2.13. The number of benzene rings is 1. The summed E-state index contributed by atoms with van der Waals surface area (Å²) in [6.45, 7) is 1.38. The van der Waals surface area contributed by atoms with E-state index in [2.05, 4.69) is 4.74 Å². The van der Waals surface area contributed by atoms with Crippen molar-refractivity contribution >= 4 is 40.8 Å². The molecule has 7 heteroatoms. The van der Waals surface area contributed by atoms with Crippen LogP contribution in [0, 0.1) is 0 Å². The summed E-state index contributed by atoms with van der Waals surface area (Å²) in [6, 6.07) is 6.42. The van der Waals surface area contributed by atoms with Gasteiger partial charge in [0, 0.05) is 30.6 Å². The second-order valence-corrected chi connectivity index (χ2v) is 5.36. The number of anilines is 1. The lowest BCUT2D eigenvalue weighted by Crippen LogP contribution is -2.24. The summed E-state index contributed by atoms with van der Waals surface area (Å²) in [7, 11) is 2.76. The molecule has 0 saturated carbocycles. The molecule has 2 aromatic rings. The second-order valence-electron chi connectivity index (χ2n) is 4.52. The lowest BCUT2D eigenvalue weighted by atomic mass is 10.1. The third kappa shape index (κ3) is 3.10.